The van der Waals surface area contributed by atoms with Gasteiger partial charge >= 0.3 is 16.3 Å². The summed E-state index contributed by atoms with van der Waals surface area (Å²) in [7, 11) is -4.41. The summed E-state index contributed by atoms with van der Waals surface area (Å²) in [6.07, 6.45) is -1.87. The standard InChI is InChI=1S/C21H16F3N3O4S/c1-14-18(6-4-12-25-14)20(28)27-26-13-15-5-2-3-7-19(15)31-32(29,30)17-10-8-16(9-11-17)21(22,23)24/h2-13H,1H3,(H,27,28). The Kier molecular flexibility index (Phi) is 6.58. The summed E-state index contributed by atoms with van der Waals surface area (Å²) >= 11 is 0. The van der Waals surface area contributed by atoms with E-state index in [9.17, 15) is 26.4 Å². The molecule has 1 aromatic heterocycles. The number of benzene rings is 2. The maximum Gasteiger partial charge on any atom is 0.416 e. The molecule has 0 spiro atoms. The number of hydrogen-bond donors (Lipinski definition) is 1. The van der Waals surface area contributed by atoms with Crippen LogP contribution >= 0.6 is 0 Å². The maximum atomic E-state index is 12.7. The Morgan fingerprint density at radius 1 is 1.06 bits per heavy atom. The van der Waals surface area contributed by atoms with Crippen molar-refractivity contribution in [1.82, 2.24) is 10.4 Å². The largest absolute Gasteiger partial charge is 0.416 e. The van der Waals surface area contributed by atoms with E-state index in [0.29, 0.717) is 23.4 Å². The van der Waals surface area contributed by atoms with Crippen molar-refractivity contribution in [2.45, 2.75) is 18.0 Å². The number of aromatic nitrogens is 1. The Balaban J connectivity index is 1.77. The molecule has 1 N–H and O–H groups in total. The number of rotatable bonds is 6. The summed E-state index contributed by atoms with van der Waals surface area (Å²) in [5.74, 6) is -0.634. The summed E-state index contributed by atoms with van der Waals surface area (Å²) in [6.45, 7) is 1.66. The Hall–Kier alpha value is -3.73. The third-order valence-electron chi connectivity index (χ3n) is 4.21. The highest BCUT2D eigenvalue weighted by molar-refractivity contribution is 7.87. The van der Waals surface area contributed by atoms with Crippen LogP contribution in [0.5, 0.6) is 5.75 Å². The molecule has 0 saturated heterocycles. The lowest BCUT2D eigenvalue weighted by molar-refractivity contribution is -0.137. The first kappa shape index (κ1) is 22.9. The van der Waals surface area contributed by atoms with Crippen molar-refractivity contribution in [2.75, 3.05) is 0 Å². The summed E-state index contributed by atoms with van der Waals surface area (Å²) in [5.41, 5.74) is 2.37. The molecule has 0 radical (unpaired) electrons. The molecular formula is C21H16F3N3O4S. The fraction of sp³-hybridized carbons (Fsp3) is 0.0952. The number of carbonyl (C=O) groups excluding carboxylic acids is 1. The zero-order chi connectivity index (χ0) is 23.4. The Labute approximate surface area is 181 Å². The van der Waals surface area contributed by atoms with Crippen LogP contribution in [0.1, 0.15) is 27.2 Å². The minimum atomic E-state index is -4.59. The first-order valence-electron chi connectivity index (χ1n) is 9.04. The second kappa shape index (κ2) is 9.18. The molecule has 0 unspecified atom stereocenters. The smallest absolute Gasteiger partial charge is 0.378 e. The fourth-order valence-electron chi connectivity index (χ4n) is 2.58. The number of nitrogens with one attached hydrogen (secondary N) is 1. The number of carbonyl (C=O) groups is 1. The predicted molar refractivity (Wildman–Crippen MR) is 110 cm³/mol. The van der Waals surface area contributed by atoms with E-state index in [-0.39, 0.29) is 11.3 Å². The lowest BCUT2D eigenvalue weighted by Crippen LogP contribution is -2.19. The van der Waals surface area contributed by atoms with Crippen LogP contribution in [0.3, 0.4) is 0 Å². The van der Waals surface area contributed by atoms with Crippen molar-refractivity contribution < 1.29 is 30.6 Å². The van der Waals surface area contributed by atoms with E-state index in [1.807, 2.05) is 0 Å². The van der Waals surface area contributed by atoms with E-state index in [0.717, 1.165) is 12.1 Å². The number of hydrazone groups is 1. The topological polar surface area (TPSA) is 97.7 Å². The number of para-hydroxylation sites is 1. The summed E-state index contributed by atoms with van der Waals surface area (Å²) in [5, 5.41) is 3.81. The number of amides is 1. The van der Waals surface area contributed by atoms with Gasteiger partial charge in [0.25, 0.3) is 5.91 Å². The van der Waals surface area contributed by atoms with Gasteiger partial charge in [-0.3, -0.25) is 9.78 Å². The van der Waals surface area contributed by atoms with E-state index in [1.165, 1.54) is 24.4 Å². The average Bonchev–Trinajstić information content (AvgIpc) is 2.74. The molecule has 0 aliphatic heterocycles. The normalized spacial score (nSPS) is 12.0. The number of aryl methyl sites for hydroxylation is 1. The summed E-state index contributed by atoms with van der Waals surface area (Å²) in [4.78, 5) is 15.7. The van der Waals surface area contributed by atoms with Gasteiger partial charge < -0.3 is 4.18 Å². The van der Waals surface area contributed by atoms with Gasteiger partial charge in [0.05, 0.1) is 23.0 Å². The van der Waals surface area contributed by atoms with E-state index < -0.39 is 32.7 Å². The van der Waals surface area contributed by atoms with Crippen LogP contribution in [0.4, 0.5) is 13.2 Å². The number of alkyl halides is 3. The van der Waals surface area contributed by atoms with Crippen LogP contribution in [0.25, 0.3) is 0 Å². The lowest BCUT2D eigenvalue weighted by atomic mass is 10.2. The van der Waals surface area contributed by atoms with Gasteiger partial charge in [-0.05, 0) is 55.5 Å². The predicted octanol–water partition coefficient (Wildman–Crippen LogP) is 3.94. The minimum absolute atomic E-state index is 0.122. The number of halogens is 3. The van der Waals surface area contributed by atoms with E-state index in [2.05, 4.69) is 15.5 Å². The second-order valence-electron chi connectivity index (χ2n) is 6.43. The highest BCUT2D eigenvalue weighted by atomic mass is 32.2. The maximum absolute atomic E-state index is 12.7. The van der Waals surface area contributed by atoms with Crippen LogP contribution < -0.4 is 9.61 Å². The molecule has 1 heterocycles. The molecule has 11 heteroatoms. The van der Waals surface area contributed by atoms with Gasteiger partial charge in [0.1, 0.15) is 4.90 Å². The van der Waals surface area contributed by atoms with Gasteiger partial charge in [-0.2, -0.15) is 26.7 Å². The van der Waals surface area contributed by atoms with E-state index >= 15 is 0 Å². The molecular weight excluding hydrogens is 447 g/mol. The average molecular weight is 463 g/mol. The Bertz CT molecular complexity index is 1260. The zero-order valence-electron chi connectivity index (χ0n) is 16.5. The fourth-order valence-corrected chi connectivity index (χ4v) is 3.54. The van der Waals surface area contributed by atoms with Crippen molar-refractivity contribution in [3.05, 3.63) is 89.2 Å². The second-order valence-corrected chi connectivity index (χ2v) is 7.98. The van der Waals surface area contributed by atoms with Gasteiger partial charge in [-0.25, -0.2) is 5.43 Å². The number of nitrogens with zero attached hydrogens (tertiary/aromatic N) is 2. The third kappa shape index (κ3) is 5.49. The van der Waals surface area contributed by atoms with Gasteiger partial charge in [0, 0.05) is 11.8 Å². The molecule has 0 atom stereocenters. The molecule has 7 nitrogen and oxygen atoms in total. The Morgan fingerprint density at radius 2 is 1.75 bits per heavy atom. The van der Waals surface area contributed by atoms with Gasteiger partial charge in [0.2, 0.25) is 0 Å². The number of hydrogen-bond acceptors (Lipinski definition) is 6. The quantitative estimate of drug-likeness (QED) is 0.339. The van der Waals surface area contributed by atoms with E-state index in [4.69, 9.17) is 4.18 Å². The first-order valence-corrected chi connectivity index (χ1v) is 10.4. The van der Waals surface area contributed by atoms with Crippen LogP contribution in [-0.2, 0) is 16.3 Å². The molecule has 3 aromatic rings. The van der Waals surface area contributed by atoms with Gasteiger partial charge in [-0.1, -0.05) is 12.1 Å². The van der Waals surface area contributed by atoms with Gasteiger partial charge in [-0.15, -0.1) is 0 Å². The van der Waals surface area contributed by atoms with Crippen LogP contribution in [0.2, 0.25) is 0 Å². The lowest BCUT2D eigenvalue weighted by Gasteiger charge is -2.11. The highest BCUT2D eigenvalue weighted by Crippen LogP contribution is 2.30. The van der Waals surface area contributed by atoms with Crippen molar-refractivity contribution in [2.24, 2.45) is 5.10 Å². The molecule has 0 aliphatic rings. The molecule has 2 aromatic carbocycles. The van der Waals surface area contributed by atoms with Crippen molar-refractivity contribution in [3.8, 4) is 5.75 Å². The van der Waals surface area contributed by atoms with Crippen LogP contribution in [0.15, 0.2) is 76.9 Å². The molecule has 3 rings (SSSR count). The molecule has 32 heavy (non-hydrogen) atoms. The summed E-state index contributed by atoms with van der Waals surface area (Å²) < 4.78 is 68.2. The monoisotopic (exact) mass is 463 g/mol. The molecule has 0 aliphatic carbocycles. The van der Waals surface area contributed by atoms with Crippen molar-refractivity contribution >= 4 is 22.2 Å². The Morgan fingerprint density at radius 3 is 2.41 bits per heavy atom. The van der Waals surface area contributed by atoms with Gasteiger partial charge in [0.15, 0.2) is 5.75 Å². The number of pyridine rings is 1. The molecule has 0 bridgehead atoms. The van der Waals surface area contributed by atoms with Crippen LogP contribution in [0, 0.1) is 6.92 Å². The van der Waals surface area contributed by atoms with Crippen molar-refractivity contribution in [3.63, 3.8) is 0 Å². The SMILES string of the molecule is Cc1ncccc1C(=O)NN=Cc1ccccc1OS(=O)(=O)c1ccc(C(F)(F)F)cc1. The molecule has 166 valence electrons. The molecule has 1 amide bonds. The zero-order valence-corrected chi connectivity index (χ0v) is 17.3. The molecule has 0 saturated carbocycles. The minimum Gasteiger partial charge on any atom is -0.378 e. The molecule has 0 fully saturated rings. The van der Waals surface area contributed by atoms with Crippen molar-refractivity contribution in [1.29, 1.82) is 0 Å². The van der Waals surface area contributed by atoms with E-state index in [1.54, 1.807) is 31.3 Å². The van der Waals surface area contributed by atoms with Crippen LogP contribution in [-0.4, -0.2) is 25.5 Å². The first-order chi connectivity index (χ1) is 15.1. The third-order valence-corrected chi connectivity index (χ3v) is 5.46. The highest BCUT2D eigenvalue weighted by Gasteiger charge is 2.31. The summed E-state index contributed by atoms with van der Waals surface area (Å²) in [6, 6.07) is 12.0.